The van der Waals surface area contributed by atoms with Crippen LogP contribution in [0.15, 0.2) is 0 Å². The van der Waals surface area contributed by atoms with Gasteiger partial charge in [0.1, 0.15) is 5.82 Å². The van der Waals surface area contributed by atoms with Crippen molar-refractivity contribution in [2.45, 2.75) is 39.5 Å². The fourth-order valence-corrected chi connectivity index (χ4v) is 1.75. The Labute approximate surface area is 121 Å². The molecule has 6 heteroatoms. The van der Waals surface area contributed by atoms with E-state index in [0.29, 0.717) is 18.4 Å². The lowest BCUT2D eigenvalue weighted by Crippen LogP contribution is -2.31. The summed E-state index contributed by atoms with van der Waals surface area (Å²) in [5.74, 6) is 2.36. The molecule has 6 nitrogen and oxygen atoms in total. The van der Waals surface area contributed by atoms with Crippen molar-refractivity contribution in [1.29, 1.82) is 0 Å². The van der Waals surface area contributed by atoms with Gasteiger partial charge in [-0.25, -0.2) is 0 Å². The molecule has 0 unspecified atom stereocenters. The number of rotatable bonds is 8. The van der Waals surface area contributed by atoms with Crippen LogP contribution in [0.5, 0.6) is 0 Å². The maximum absolute atomic E-state index is 9.23. The van der Waals surface area contributed by atoms with Crippen molar-refractivity contribution in [3.8, 4) is 0 Å². The van der Waals surface area contributed by atoms with Gasteiger partial charge in [0.15, 0.2) is 0 Å². The molecule has 1 N–H and O–H groups in total. The number of aliphatic hydroxyl groups excluding tert-OH is 1. The standard InChI is InChI=1S/C14H27N5O/c1-6-7-8-19(9-10-20)14-16-12(11(2)3)15-13(17-14)18(4)5/h11,20H,6-10H2,1-5H3. The number of aromatic nitrogens is 3. The second-order valence-electron chi connectivity index (χ2n) is 5.41. The van der Waals surface area contributed by atoms with Gasteiger partial charge in [0.2, 0.25) is 11.9 Å². The van der Waals surface area contributed by atoms with Gasteiger partial charge in [-0.3, -0.25) is 0 Å². The van der Waals surface area contributed by atoms with Gasteiger partial charge in [0, 0.05) is 33.1 Å². The molecule has 0 saturated carbocycles. The summed E-state index contributed by atoms with van der Waals surface area (Å²) >= 11 is 0. The van der Waals surface area contributed by atoms with Crippen molar-refractivity contribution in [2.75, 3.05) is 43.6 Å². The molecule has 0 atom stereocenters. The molecular formula is C14H27N5O. The van der Waals surface area contributed by atoms with Gasteiger partial charge < -0.3 is 14.9 Å². The Morgan fingerprint density at radius 1 is 1.05 bits per heavy atom. The number of anilines is 2. The third-order valence-electron chi connectivity index (χ3n) is 2.98. The van der Waals surface area contributed by atoms with Crippen molar-refractivity contribution in [3.05, 3.63) is 5.82 Å². The van der Waals surface area contributed by atoms with Gasteiger partial charge in [-0.15, -0.1) is 0 Å². The maximum atomic E-state index is 9.23. The minimum atomic E-state index is 0.101. The highest BCUT2D eigenvalue weighted by Crippen LogP contribution is 2.17. The molecule has 0 spiro atoms. The van der Waals surface area contributed by atoms with E-state index in [4.69, 9.17) is 0 Å². The van der Waals surface area contributed by atoms with Crippen LogP contribution < -0.4 is 9.80 Å². The average Bonchev–Trinajstić information content (AvgIpc) is 2.42. The van der Waals surface area contributed by atoms with Crippen LogP contribution >= 0.6 is 0 Å². The van der Waals surface area contributed by atoms with E-state index in [0.717, 1.165) is 25.2 Å². The van der Waals surface area contributed by atoms with E-state index < -0.39 is 0 Å². The Balaban J connectivity index is 3.11. The molecule has 1 rings (SSSR count). The maximum Gasteiger partial charge on any atom is 0.230 e. The highest BCUT2D eigenvalue weighted by Gasteiger charge is 2.15. The van der Waals surface area contributed by atoms with E-state index in [1.54, 1.807) is 0 Å². The molecule has 0 aromatic carbocycles. The van der Waals surface area contributed by atoms with Crippen molar-refractivity contribution >= 4 is 11.9 Å². The van der Waals surface area contributed by atoms with Gasteiger partial charge in [0.05, 0.1) is 6.61 Å². The zero-order chi connectivity index (χ0) is 15.1. The summed E-state index contributed by atoms with van der Waals surface area (Å²) in [6.07, 6.45) is 2.16. The molecule has 0 radical (unpaired) electrons. The highest BCUT2D eigenvalue weighted by atomic mass is 16.3. The van der Waals surface area contributed by atoms with Gasteiger partial charge in [-0.2, -0.15) is 15.0 Å². The van der Waals surface area contributed by atoms with Crippen LogP contribution in [-0.4, -0.2) is 53.9 Å². The van der Waals surface area contributed by atoms with E-state index >= 15 is 0 Å². The Kier molecular flexibility index (Phi) is 6.64. The SMILES string of the molecule is CCCCN(CCO)c1nc(C(C)C)nc(N(C)C)n1. The first-order valence-electron chi connectivity index (χ1n) is 7.28. The highest BCUT2D eigenvalue weighted by molar-refractivity contribution is 5.38. The van der Waals surface area contributed by atoms with Crippen LogP contribution in [-0.2, 0) is 0 Å². The number of nitrogens with zero attached hydrogens (tertiary/aromatic N) is 5. The average molecular weight is 281 g/mol. The van der Waals surface area contributed by atoms with Crippen molar-refractivity contribution in [2.24, 2.45) is 0 Å². The van der Waals surface area contributed by atoms with Gasteiger partial charge >= 0.3 is 0 Å². The van der Waals surface area contributed by atoms with E-state index in [1.165, 1.54) is 0 Å². The molecule has 0 aliphatic rings. The van der Waals surface area contributed by atoms with E-state index in [9.17, 15) is 5.11 Å². The Hall–Kier alpha value is -1.43. The van der Waals surface area contributed by atoms with Crippen LogP contribution in [0.1, 0.15) is 45.4 Å². The Bertz CT molecular complexity index is 382. The number of aliphatic hydroxyl groups is 1. The molecule has 20 heavy (non-hydrogen) atoms. The molecule has 0 aliphatic carbocycles. The monoisotopic (exact) mass is 281 g/mol. The molecule has 1 aromatic heterocycles. The smallest absolute Gasteiger partial charge is 0.230 e. The lowest BCUT2D eigenvalue weighted by atomic mass is 10.2. The molecule has 114 valence electrons. The predicted molar refractivity (Wildman–Crippen MR) is 82.4 cm³/mol. The summed E-state index contributed by atoms with van der Waals surface area (Å²) in [6.45, 7) is 7.79. The summed E-state index contributed by atoms with van der Waals surface area (Å²) in [5, 5.41) is 9.23. The van der Waals surface area contributed by atoms with E-state index in [2.05, 4.69) is 35.7 Å². The van der Waals surface area contributed by atoms with Crippen molar-refractivity contribution in [1.82, 2.24) is 15.0 Å². The molecular weight excluding hydrogens is 254 g/mol. The first kappa shape index (κ1) is 16.6. The largest absolute Gasteiger partial charge is 0.395 e. The fourth-order valence-electron chi connectivity index (χ4n) is 1.75. The Morgan fingerprint density at radius 3 is 2.20 bits per heavy atom. The first-order chi connectivity index (χ1) is 9.49. The van der Waals surface area contributed by atoms with Crippen LogP contribution in [0, 0.1) is 0 Å². The molecule has 0 amide bonds. The zero-order valence-corrected chi connectivity index (χ0v) is 13.3. The quantitative estimate of drug-likeness (QED) is 0.782. The molecule has 0 saturated heterocycles. The molecule has 0 aliphatic heterocycles. The minimum absolute atomic E-state index is 0.101. The molecule has 0 bridgehead atoms. The summed E-state index contributed by atoms with van der Waals surface area (Å²) < 4.78 is 0. The fraction of sp³-hybridized carbons (Fsp3) is 0.786. The predicted octanol–water partition coefficient (Wildman–Crippen LogP) is 1.66. The van der Waals surface area contributed by atoms with Gasteiger partial charge in [-0.05, 0) is 6.42 Å². The second kappa shape index (κ2) is 7.99. The molecule has 1 aromatic rings. The number of unbranched alkanes of at least 4 members (excludes halogenated alkanes) is 1. The number of hydrogen-bond acceptors (Lipinski definition) is 6. The minimum Gasteiger partial charge on any atom is -0.395 e. The Morgan fingerprint density at radius 2 is 1.70 bits per heavy atom. The van der Waals surface area contributed by atoms with Gasteiger partial charge in [0.25, 0.3) is 0 Å². The topological polar surface area (TPSA) is 65.4 Å². The normalized spacial score (nSPS) is 10.9. The third kappa shape index (κ3) is 4.59. The third-order valence-corrected chi connectivity index (χ3v) is 2.98. The van der Waals surface area contributed by atoms with Crippen LogP contribution in [0.25, 0.3) is 0 Å². The van der Waals surface area contributed by atoms with Crippen LogP contribution in [0.3, 0.4) is 0 Å². The van der Waals surface area contributed by atoms with E-state index in [-0.39, 0.29) is 12.5 Å². The summed E-state index contributed by atoms with van der Waals surface area (Å²) in [4.78, 5) is 17.4. The lowest BCUT2D eigenvalue weighted by Gasteiger charge is -2.23. The molecule has 0 fully saturated rings. The number of hydrogen-bond donors (Lipinski definition) is 1. The van der Waals surface area contributed by atoms with Crippen LogP contribution in [0.4, 0.5) is 11.9 Å². The molecule has 1 heterocycles. The van der Waals surface area contributed by atoms with Crippen molar-refractivity contribution < 1.29 is 5.11 Å². The summed E-state index contributed by atoms with van der Waals surface area (Å²) in [6, 6.07) is 0. The summed E-state index contributed by atoms with van der Waals surface area (Å²) in [5.41, 5.74) is 0. The zero-order valence-electron chi connectivity index (χ0n) is 13.3. The lowest BCUT2D eigenvalue weighted by molar-refractivity contribution is 0.301. The van der Waals surface area contributed by atoms with Crippen LogP contribution in [0.2, 0.25) is 0 Å². The first-order valence-corrected chi connectivity index (χ1v) is 7.28. The summed E-state index contributed by atoms with van der Waals surface area (Å²) in [7, 11) is 3.84. The van der Waals surface area contributed by atoms with Crippen molar-refractivity contribution in [3.63, 3.8) is 0 Å². The van der Waals surface area contributed by atoms with E-state index in [1.807, 2.05) is 23.9 Å². The van der Waals surface area contributed by atoms with Gasteiger partial charge in [-0.1, -0.05) is 27.2 Å². The second-order valence-corrected chi connectivity index (χ2v) is 5.41.